The Morgan fingerprint density at radius 1 is 0.977 bits per heavy atom. The summed E-state index contributed by atoms with van der Waals surface area (Å²) in [4.78, 5) is 4.37. The molecule has 6 aromatic rings. The number of nitrogens with zero attached hydrogens (tertiary/aromatic N) is 6. The van der Waals surface area contributed by atoms with Crippen molar-refractivity contribution in [2.75, 3.05) is 31.4 Å². The number of para-hydroxylation sites is 1. The van der Waals surface area contributed by atoms with Crippen LogP contribution in [0.5, 0.6) is 0 Å². The molecule has 3 aromatic carbocycles. The summed E-state index contributed by atoms with van der Waals surface area (Å²) in [6, 6.07) is 20.1. The van der Waals surface area contributed by atoms with E-state index in [2.05, 4.69) is 20.5 Å². The standard InChI is InChI=1S/C31H30N6O6S/c1-21-22(2)34-43-31(21)37(20-41-17-16-40-3)44(38,39)29-11-7-4-8-26(29)25-13-12-23(30-32-14-15-42-30)18-24(25)19-36-28-10-6-5-9-27(28)33-35-36/h4-15,18H,16-17,19-20H2,1-3H3. The first kappa shape index (κ1) is 29.2. The van der Waals surface area contributed by atoms with Gasteiger partial charge >= 0.3 is 0 Å². The summed E-state index contributed by atoms with van der Waals surface area (Å²) in [5, 5.41) is 12.7. The highest BCUT2D eigenvalue weighted by atomic mass is 32.2. The van der Waals surface area contributed by atoms with Crippen molar-refractivity contribution >= 4 is 26.9 Å². The zero-order chi connectivity index (χ0) is 30.7. The van der Waals surface area contributed by atoms with Crippen molar-refractivity contribution in [1.29, 1.82) is 0 Å². The lowest BCUT2D eigenvalue weighted by Crippen LogP contribution is -2.34. The van der Waals surface area contributed by atoms with Gasteiger partial charge in [-0.05, 0) is 55.3 Å². The molecular formula is C31H30N6O6S. The molecule has 12 nitrogen and oxygen atoms in total. The zero-order valence-corrected chi connectivity index (χ0v) is 25.2. The van der Waals surface area contributed by atoms with Crippen LogP contribution >= 0.6 is 0 Å². The summed E-state index contributed by atoms with van der Waals surface area (Å²) in [6.07, 6.45) is 3.08. The molecule has 0 aliphatic carbocycles. The molecule has 3 heterocycles. The van der Waals surface area contributed by atoms with Gasteiger partial charge in [-0.2, -0.15) is 0 Å². The van der Waals surface area contributed by atoms with Crippen molar-refractivity contribution in [3.8, 4) is 22.6 Å². The Hall–Kier alpha value is -4.85. The maximum absolute atomic E-state index is 14.5. The minimum atomic E-state index is -4.23. The van der Waals surface area contributed by atoms with E-state index in [-0.39, 0.29) is 24.1 Å². The first-order chi connectivity index (χ1) is 21.4. The average molecular weight is 615 g/mol. The second kappa shape index (κ2) is 12.4. The molecular weight excluding hydrogens is 584 g/mol. The van der Waals surface area contributed by atoms with Crippen molar-refractivity contribution in [1.82, 2.24) is 25.1 Å². The molecule has 0 saturated heterocycles. The quantitative estimate of drug-likeness (QED) is 0.133. The highest BCUT2D eigenvalue weighted by Gasteiger charge is 2.33. The molecule has 6 rings (SSSR count). The summed E-state index contributed by atoms with van der Waals surface area (Å²) in [7, 11) is -2.68. The highest BCUT2D eigenvalue weighted by molar-refractivity contribution is 7.93. The van der Waals surface area contributed by atoms with Gasteiger partial charge in [0.25, 0.3) is 10.0 Å². The average Bonchev–Trinajstić information content (AvgIpc) is 3.79. The Morgan fingerprint density at radius 3 is 2.57 bits per heavy atom. The number of oxazole rings is 1. The van der Waals surface area contributed by atoms with Crippen LogP contribution < -0.4 is 4.31 Å². The van der Waals surface area contributed by atoms with Crippen molar-refractivity contribution in [2.24, 2.45) is 0 Å². The number of methoxy groups -OCH3 is 1. The molecule has 0 unspecified atom stereocenters. The van der Waals surface area contributed by atoms with Crippen molar-refractivity contribution in [2.45, 2.75) is 25.3 Å². The lowest BCUT2D eigenvalue weighted by Gasteiger charge is -2.24. The van der Waals surface area contributed by atoms with Crippen LogP contribution in [0.3, 0.4) is 0 Å². The number of fused-ring (bicyclic) bond motifs is 1. The Morgan fingerprint density at radius 2 is 1.80 bits per heavy atom. The molecule has 13 heteroatoms. The normalized spacial score (nSPS) is 11.8. The minimum Gasteiger partial charge on any atom is -0.445 e. The van der Waals surface area contributed by atoms with Gasteiger partial charge in [-0.3, -0.25) is 0 Å². The molecule has 0 amide bonds. The Kier molecular flexibility index (Phi) is 8.24. The highest BCUT2D eigenvalue weighted by Crippen LogP contribution is 2.37. The third-order valence-electron chi connectivity index (χ3n) is 7.27. The van der Waals surface area contributed by atoms with E-state index in [1.165, 1.54) is 6.26 Å². The molecule has 0 atom stereocenters. The van der Waals surface area contributed by atoms with Gasteiger partial charge in [0.2, 0.25) is 11.8 Å². The Balaban J connectivity index is 1.48. The fraction of sp³-hybridized carbons (Fsp3) is 0.226. The molecule has 44 heavy (non-hydrogen) atoms. The third-order valence-corrected chi connectivity index (χ3v) is 9.03. The number of hydrogen-bond acceptors (Lipinski definition) is 10. The van der Waals surface area contributed by atoms with Crippen LogP contribution in [0, 0.1) is 13.8 Å². The first-order valence-corrected chi connectivity index (χ1v) is 15.2. The number of rotatable bonds is 12. The van der Waals surface area contributed by atoms with Crippen LogP contribution in [0.2, 0.25) is 0 Å². The van der Waals surface area contributed by atoms with E-state index in [1.54, 1.807) is 56.1 Å². The van der Waals surface area contributed by atoms with Crippen molar-refractivity contribution < 1.29 is 26.8 Å². The van der Waals surface area contributed by atoms with Gasteiger partial charge in [-0.1, -0.05) is 46.8 Å². The van der Waals surface area contributed by atoms with Gasteiger partial charge in [0, 0.05) is 23.8 Å². The lowest BCUT2D eigenvalue weighted by atomic mass is 9.97. The second-order valence-electron chi connectivity index (χ2n) is 10.0. The maximum atomic E-state index is 14.5. The predicted molar refractivity (Wildman–Crippen MR) is 162 cm³/mol. The van der Waals surface area contributed by atoms with Crippen molar-refractivity contribution in [3.05, 3.63) is 96.0 Å². The number of aromatic nitrogens is 5. The molecule has 0 saturated carbocycles. The molecule has 0 aliphatic rings. The first-order valence-electron chi connectivity index (χ1n) is 13.8. The van der Waals surface area contributed by atoms with E-state index in [1.807, 2.05) is 42.5 Å². The molecule has 0 bridgehead atoms. The molecule has 0 fully saturated rings. The summed E-state index contributed by atoms with van der Waals surface area (Å²) < 4.78 is 53.7. The number of ether oxygens (including phenoxy) is 2. The van der Waals surface area contributed by atoms with Crippen LogP contribution in [0.25, 0.3) is 33.6 Å². The number of anilines is 1. The number of sulfonamides is 1. The summed E-state index contributed by atoms with van der Waals surface area (Å²) in [6.45, 7) is 4.01. The molecule has 0 spiro atoms. The van der Waals surface area contributed by atoms with E-state index in [9.17, 15) is 8.42 Å². The summed E-state index contributed by atoms with van der Waals surface area (Å²) >= 11 is 0. The fourth-order valence-electron chi connectivity index (χ4n) is 4.88. The Bertz CT molecular complexity index is 2000. The van der Waals surface area contributed by atoms with Crippen LogP contribution in [-0.4, -0.2) is 60.6 Å². The topological polar surface area (TPSA) is 139 Å². The van der Waals surface area contributed by atoms with Gasteiger partial charge in [-0.25, -0.2) is 22.4 Å². The predicted octanol–water partition coefficient (Wildman–Crippen LogP) is 5.22. The van der Waals surface area contributed by atoms with E-state index in [4.69, 9.17) is 18.4 Å². The molecule has 3 aromatic heterocycles. The molecule has 0 radical (unpaired) electrons. The number of benzene rings is 3. The molecule has 226 valence electrons. The van der Waals surface area contributed by atoms with E-state index in [0.717, 1.165) is 26.5 Å². The molecule has 0 aliphatic heterocycles. The van der Waals surface area contributed by atoms with Gasteiger partial charge < -0.3 is 18.4 Å². The minimum absolute atomic E-state index is 0.0670. The fourth-order valence-corrected chi connectivity index (χ4v) is 6.42. The molecule has 0 N–H and O–H groups in total. The lowest BCUT2D eigenvalue weighted by molar-refractivity contribution is 0.0744. The second-order valence-corrected chi connectivity index (χ2v) is 11.9. The van der Waals surface area contributed by atoms with Crippen LogP contribution in [0.4, 0.5) is 5.88 Å². The van der Waals surface area contributed by atoms with Crippen LogP contribution in [0.1, 0.15) is 16.8 Å². The van der Waals surface area contributed by atoms with Gasteiger partial charge in [-0.15, -0.1) is 5.10 Å². The summed E-state index contributed by atoms with van der Waals surface area (Å²) in [5.74, 6) is 0.529. The summed E-state index contributed by atoms with van der Waals surface area (Å²) in [5.41, 5.74) is 5.46. The van der Waals surface area contributed by atoms with Crippen molar-refractivity contribution in [3.63, 3.8) is 0 Å². The van der Waals surface area contributed by atoms with E-state index in [0.29, 0.717) is 41.4 Å². The largest absolute Gasteiger partial charge is 0.445 e. The maximum Gasteiger partial charge on any atom is 0.269 e. The van der Waals surface area contributed by atoms with Gasteiger partial charge in [0.1, 0.15) is 18.5 Å². The third kappa shape index (κ3) is 5.60. The monoisotopic (exact) mass is 614 g/mol. The van der Waals surface area contributed by atoms with Crippen LogP contribution in [0.15, 0.2) is 93.0 Å². The van der Waals surface area contributed by atoms with E-state index >= 15 is 0 Å². The van der Waals surface area contributed by atoms with Gasteiger partial charge in [0.15, 0.2) is 0 Å². The number of hydrogen-bond donors (Lipinski definition) is 0. The number of aryl methyl sites for hydroxylation is 1. The zero-order valence-electron chi connectivity index (χ0n) is 24.4. The smallest absolute Gasteiger partial charge is 0.269 e. The van der Waals surface area contributed by atoms with Crippen LogP contribution in [-0.2, 0) is 26.0 Å². The van der Waals surface area contributed by atoms with E-state index < -0.39 is 10.0 Å². The SMILES string of the molecule is COCCOCN(c1onc(C)c1C)S(=O)(=O)c1ccccc1-c1ccc(-c2ncco2)cc1Cn1nnc2ccccc21. The van der Waals surface area contributed by atoms with Gasteiger partial charge in [0.05, 0.1) is 42.1 Å². The Labute approximate surface area is 253 Å².